The van der Waals surface area contributed by atoms with Crippen LogP contribution in [0, 0.1) is 0 Å². The second kappa shape index (κ2) is 14.2. The van der Waals surface area contributed by atoms with Crippen molar-refractivity contribution in [3.8, 4) is 0 Å². The van der Waals surface area contributed by atoms with Crippen LogP contribution in [-0.4, -0.2) is 37.5 Å². The minimum Gasteiger partial charge on any atom is -0.375 e. The van der Waals surface area contributed by atoms with Crippen LogP contribution in [0.15, 0.2) is 121 Å². The summed E-state index contributed by atoms with van der Waals surface area (Å²) < 4.78 is 25.8. The lowest BCUT2D eigenvalue weighted by molar-refractivity contribution is -0.120. The van der Waals surface area contributed by atoms with E-state index in [4.69, 9.17) is 18.9 Å². The van der Waals surface area contributed by atoms with E-state index in [0.717, 1.165) is 22.3 Å². The summed E-state index contributed by atoms with van der Waals surface area (Å²) in [5.74, 6) is 0. The molecular weight excluding hydrogens is 486 g/mol. The molecule has 0 aliphatic carbocycles. The van der Waals surface area contributed by atoms with E-state index in [1.54, 1.807) is 0 Å². The van der Waals surface area contributed by atoms with Crippen molar-refractivity contribution in [3.63, 3.8) is 0 Å². The fourth-order valence-corrected chi connectivity index (χ4v) is 4.98. The van der Waals surface area contributed by atoms with Crippen LogP contribution in [0.3, 0.4) is 0 Å². The van der Waals surface area contributed by atoms with E-state index in [-0.39, 0.29) is 12.2 Å². The summed E-state index contributed by atoms with van der Waals surface area (Å²) in [6.45, 7) is 3.55. The normalized spacial score (nSPS) is 18.3. The highest BCUT2D eigenvalue weighted by Gasteiger charge is 2.50. The molecule has 0 aromatic heterocycles. The van der Waals surface area contributed by atoms with Crippen LogP contribution < -0.4 is 5.32 Å². The van der Waals surface area contributed by atoms with Gasteiger partial charge in [-0.15, -0.1) is 0 Å². The molecule has 4 aromatic rings. The quantitative estimate of drug-likeness (QED) is 0.222. The molecule has 0 spiro atoms. The van der Waals surface area contributed by atoms with E-state index < -0.39 is 5.54 Å². The molecule has 1 aliphatic rings. The van der Waals surface area contributed by atoms with Gasteiger partial charge in [0.05, 0.1) is 51.3 Å². The summed E-state index contributed by atoms with van der Waals surface area (Å²) >= 11 is 0. The summed E-state index contributed by atoms with van der Waals surface area (Å²) in [6, 6.07) is 41.0. The Balaban J connectivity index is 1.33. The summed E-state index contributed by atoms with van der Waals surface area (Å²) in [5, 5.41) is 3.72. The van der Waals surface area contributed by atoms with Gasteiger partial charge in [0.1, 0.15) is 6.10 Å². The molecule has 5 heteroatoms. The van der Waals surface area contributed by atoms with E-state index in [1.807, 2.05) is 72.8 Å². The number of hydrogen-bond donors (Lipinski definition) is 1. The highest BCUT2D eigenvalue weighted by Crippen LogP contribution is 2.29. The first-order valence-corrected chi connectivity index (χ1v) is 13.6. The first-order chi connectivity index (χ1) is 19.3. The molecule has 39 heavy (non-hydrogen) atoms. The van der Waals surface area contributed by atoms with Crippen molar-refractivity contribution in [1.29, 1.82) is 0 Å². The van der Waals surface area contributed by atoms with Crippen LogP contribution in [0.25, 0.3) is 0 Å². The van der Waals surface area contributed by atoms with Gasteiger partial charge < -0.3 is 24.3 Å². The summed E-state index contributed by atoms with van der Waals surface area (Å²) in [5.41, 5.74) is 3.96. The molecule has 0 amide bonds. The minimum atomic E-state index is -0.570. The SMILES string of the molecule is c1ccc(COCC2(COCc3ccccc3)NC[C@H](OCc3ccccc3)[C@@H]2OCc2ccccc2)cc1. The van der Waals surface area contributed by atoms with Gasteiger partial charge in [0.2, 0.25) is 0 Å². The number of benzene rings is 4. The molecule has 0 unspecified atom stereocenters. The van der Waals surface area contributed by atoms with Crippen molar-refractivity contribution in [2.24, 2.45) is 0 Å². The lowest BCUT2D eigenvalue weighted by Gasteiger charge is -2.36. The highest BCUT2D eigenvalue weighted by molar-refractivity contribution is 5.17. The Labute approximate surface area is 231 Å². The Morgan fingerprint density at radius 1 is 0.513 bits per heavy atom. The molecule has 1 saturated heterocycles. The molecule has 1 aliphatic heterocycles. The summed E-state index contributed by atoms with van der Waals surface area (Å²) in [4.78, 5) is 0. The Morgan fingerprint density at radius 3 is 1.33 bits per heavy atom. The van der Waals surface area contributed by atoms with Gasteiger partial charge in [-0.05, 0) is 22.3 Å². The first kappa shape index (κ1) is 27.3. The van der Waals surface area contributed by atoms with E-state index in [1.165, 1.54) is 0 Å². The van der Waals surface area contributed by atoms with Crippen molar-refractivity contribution in [2.75, 3.05) is 19.8 Å². The van der Waals surface area contributed by atoms with Gasteiger partial charge in [0, 0.05) is 6.54 Å². The van der Waals surface area contributed by atoms with Crippen LogP contribution in [0.1, 0.15) is 22.3 Å². The summed E-state index contributed by atoms with van der Waals surface area (Å²) in [7, 11) is 0. The molecule has 2 atom stereocenters. The second-order valence-electron chi connectivity index (χ2n) is 10.0. The number of hydrogen-bond acceptors (Lipinski definition) is 5. The minimum absolute atomic E-state index is 0.158. The molecule has 1 N–H and O–H groups in total. The average Bonchev–Trinajstić information content (AvgIpc) is 3.34. The molecule has 5 rings (SSSR count). The van der Waals surface area contributed by atoms with Crippen molar-refractivity contribution < 1.29 is 18.9 Å². The van der Waals surface area contributed by atoms with Crippen molar-refractivity contribution in [2.45, 2.75) is 44.2 Å². The van der Waals surface area contributed by atoms with Crippen molar-refractivity contribution in [3.05, 3.63) is 144 Å². The topological polar surface area (TPSA) is 49.0 Å². The maximum Gasteiger partial charge on any atom is 0.108 e. The average molecular weight is 524 g/mol. The highest BCUT2D eigenvalue weighted by atomic mass is 16.6. The summed E-state index contributed by atoms with van der Waals surface area (Å²) in [6.07, 6.45) is -0.428. The molecule has 202 valence electrons. The second-order valence-corrected chi connectivity index (χ2v) is 10.0. The Kier molecular flexibility index (Phi) is 9.91. The van der Waals surface area contributed by atoms with Gasteiger partial charge in [-0.3, -0.25) is 0 Å². The predicted molar refractivity (Wildman–Crippen MR) is 153 cm³/mol. The molecule has 1 fully saturated rings. The van der Waals surface area contributed by atoms with E-state index >= 15 is 0 Å². The van der Waals surface area contributed by atoms with Crippen molar-refractivity contribution in [1.82, 2.24) is 5.32 Å². The van der Waals surface area contributed by atoms with E-state index in [9.17, 15) is 0 Å². The number of rotatable bonds is 14. The monoisotopic (exact) mass is 523 g/mol. The fraction of sp³-hybridized carbons (Fsp3) is 0.294. The van der Waals surface area contributed by atoms with Crippen LogP contribution in [-0.2, 0) is 45.4 Å². The zero-order chi connectivity index (χ0) is 26.6. The fourth-order valence-electron chi connectivity index (χ4n) is 4.98. The largest absolute Gasteiger partial charge is 0.375 e. The van der Waals surface area contributed by atoms with Crippen LogP contribution in [0.2, 0.25) is 0 Å². The first-order valence-electron chi connectivity index (χ1n) is 13.6. The van der Waals surface area contributed by atoms with Gasteiger partial charge in [0.25, 0.3) is 0 Å². The van der Waals surface area contributed by atoms with Gasteiger partial charge in [-0.2, -0.15) is 0 Å². The Hall–Kier alpha value is -3.32. The van der Waals surface area contributed by atoms with Crippen LogP contribution in [0.5, 0.6) is 0 Å². The standard InChI is InChI=1S/C34H37NO4/c1-5-13-28(14-6-1)22-36-26-34(27-37-23-29-15-7-2-8-16-29)33(39-25-31-19-11-4-12-20-31)32(21-35-34)38-24-30-17-9-3-10-18-30/h1-20,32-33,35H,21-27H2/t32-,33-/m0/s1. The smallest absolute Gasteiger partial charge is 0.108 e. The zero-order valence-corrected chi connectivity index (χ0v) is 22.3. The molecule has 4 aromatic carbocycles. The molecule has 0 saturated carbocycles. The lowest BCUT2D eigenvalue weighted by Crippen LogP contribution is -2.57. The van der Waals surface area contributed by atoms with E-state index in [0.29, 0.717) is 46.2 Å². The molecule has 1 heterocycles. The zero-order valence-electron chi connectivity index (χ0n) is 22.3. The predicted octanol–water partition coefficient (Wildman–Crippen LogP) is 5.93. The van der Waals surface area contributed by atoms with Crippen LogP contribution >= 0.6 is 0 Å². The van der Waals surface area contributed by atoms with E-state index in [2.05, 4.69) is 53.8 Å². The molecular formula is C34H37NO4. The molecule has 5 nitrogen and oxygen atoms in total. The van der Waals surface area contributed by atoms with Crippen LogP contribution in [0.4, 0.5) is 0 Å². The Morgan fingerprint density at radius 2 is 0.897 bits per heavy atom. The van der Waals surface area contributed by atoms with Gasteiger partial charge in [0.15, 0.2) is 0 Å². The molecule has 0 radical (unpaired) electrons. The molecule has 0 bridgehead atoms. The Bertz CT molecular complexity index is 1180. The number of nitrogens with one attached hydrogen (secondary N) is 1. The maximum atomic E-state index is 6.66. The van der Waals surface area contributed by atoms with Gasteiger partial charge in [-0.1, -0.05) is 121 Å². The third-order valence-electron chi connectivity index (χ3n) is 7.06. The third kappa shape index (κ3) is 7.85. The number of ether oxygens (including phenoxy) is 4. The van der Waals surface area contributed by atoms with Crippen molar-refractivity contribution >= 4 is 0 Å². The maximum absolute atomic E-state index is 6.66. The van der Waals surface area contributed by atoms with Gasteiger partial charge in [-0.25, -0.2) is 0 Å². The lowest BCUT2D eigenvalue weighted by atomic mass is 9.94. The third-order valence-corrected chi connectivity index (χ3v) is 7.06. The van der Waals surface area contributed by atoms with Gasteiger partial charge >= 0.3 is 0 Å².